The summed E-state index contributed by atoms with van der Waals surface area (Å²) in [5.74, 6) is -0.0205. The maximum atomic E-state index is 12.4. The molecule has 3 N–H and O–H groups in total. The molecule has 0 aliphatic carbocycles. The summed E-state index contributed by atoms with van der Waals surface area (Å²) in [5.41, 5.74) is 0. The van der Waals surface area contributed by atoms with Gasteiger partial charge in [-0.15, -0.1) is 0 Å². The fourth-order valence-electron chi connectivity index (χ4n) is 9.05. The molecule has 0 saturated heterocycles. The number of rotatable bonds is 53. The molecule has 0 aromatic heterocycles. The minimum Gasteiger partial charge on any atom is -0.466 e. The number of ether oxygens (including phenoxy) is 1. The van der Waals surface area contributed by atoms with Crippen molar-refractivity contribution in [2.75, 3.05) is 13.2 Å². The van der Waals surface area contributed by atoms with E-state index in [9.17, 15) is 19.8 Å². The second-order valence-electron chi connectivity index (χ2n) is 19.6. The minimum atomic E-state index is -0.661. The standard InChI is InChI=1S/C56H111NO5/c1-3-5-7-9-11-13-15-29-32-36-40-44-48-54(59)53(52-58)57-55(60)49-45-41-37-33-30-26-24-22-20-18-16-17-19-21-23-25-27-31-35-39-43-47-51-62-56(61)50-46-42-38-34-28-14-12-10-8-6-4-2/h53-54,58-59H,3-52H2,1-2H3,(H,57,60). The van der Waals surface area contributed by atoms with Crippen molar-refractivity contribution in [3.8, 4) is 0 Å². The van der Waals surface area contributed by atoms with Crippen LogP contribution in [-0.2, 0) is 14.3 Å². The lowest BCUT2D eigenvalue weighted by Gasteiger charge is -2.22. The third kappa shape index (κ3) is 48.3. The van der Waals surface area contributed by atoms with Crippen molar-refractivity contribution in [2.45, 2.75) is 334 Å². The number of amides is 1. The van der Waals surface area contributed by atoms with Crippen molar-refractivity contribution in [1.82, 2.24) is 5.32 Å². The highest BCUT2D eigenvalue weighted by atomic mass is 16.5. The quantitative estimate of drug-likeness (QED) is 0.0418. The van der Waals surface area contributed by atoms with Gasteiger partial charge in [-0.3, -0.25) is 9.59 Å². The van der Waals surface area contributed by atoms with Gasteiger partial charge in [-0.25, -0.2) is 0 Å². The molecule has 0 fully saturated rings. The summed E-state index contributed by atoms with van der Waals surface area (Å²) >= 11 is 0. The number of esters is 1. The maximum Gasteiger partial charge on any atom is 0.305 e. The smallest absolute Gasteiger partial charge is 0.305 e. The largest absolute Gasteiger partial charge is 0.466 e. The molecule has 0 radical (unpaired) electrons. The van der Waals surface area contributed by atoms with Crippen molar-refractivity contribution in [2.24, 2.45) is 0 Å². The lowest BCUT2D eigenvalue weighted by atomic mass is 10.0. The van der Waals surface area contributed by atoms with Crippen molar-refractivity contribution in [3.05, 3.63) is 0 Å². The summed E-state index contributed by atoms with van der Waals surface area (Å²) < 4.78 is 5.46. The highest BCUT2D eigenvalue weighted by Crippen LogP contribution is 2.18. The Labute approximate surface area is 387 Å². The second-order valence-corrected chi connectivity index (χ2v) is 19.6. The van der Waals surface area contributed by atoms with Crippen LogP contribution in [0.4, 0.5) is 0 Å². The first kappa shape index (κ1) is 60.9. The molecule has 0 aromatic carbocycles. The minimum absolute atomic E-state index is 0.0135. The maximum absolute atomic E-state index is 12.4. The molecule has 0 aromatic rings. The predicted molar refractivity (Wildman–Crippen MR) is 269 cm³/mol. The second kappa shape index (κ2) is 52.5. The van der Waals surface area contributed by atoms with Crippen LogP contribution in [0.15, 0.2) is 0 Å². The summed E-state index contributed by atoms with van der Waals surface area (Å²) in [5, 5.41) is 23.2. The zero-order valence-corrected chi connectivity index (χ0v) is 42.1. The van der Waals surface area contributed by atoms with E-state index in [2.05, 4.69) is 19.2 Å². The van der Waals surface area contributed by atoms with E-state index in [1.165, 1.54) is 250 Å². The molecule has 2 atom stereocenters. The number of nitrogens with one attached hydrogen (secondary N) is 1. The van der Waals surface area contributed by atoms with Gasteiger partial charge < -0.3 is 20.3 Å². The van der Waals surface area contributed by atoms with Crippen LogP contribution in [0.2, 0.25) is 0 Å². The number of hydrogen-bond donors (Lipinski definition) is 3. The molecule has 0 aliphatic rings. The van der Waals surface area contributed by atoms with Crippen LogP contribution < -0.4 is 5.32 Å². The van der Waals surface area contributed by atoms with Gasteiger partial charge in [-0.05, 0) is 25.7 Å². The summed E-state index contributed by atoms with van der Waals surface area (Å²) in [6, 6.07) is -0.539. The molecule has 0 aliphatic heterocycles. The van der Waals surface area contributed by atoms with Crippen LogP contribution in [0.25, 0.3) is 0 Å². The molecule has 6 heteroatoms. The van der Waals surface area contributed by atoms with E-state index in [0.717, 1.165) is 38.5 Å². The van der Waals surface area contributed by atoms with Crippen molar-refractivity contribution >= 4 is 11.9 Å². The third-order valence-electron chi connectivity index (χ3n) is 13.4. The van der Waals surface area contributed by atoms with Gasteiger partial charge in [0.15, 0.2) is 0 Å². The van der Waals surface area contributed by atoms with E-state index in [0.29, 0.717) is 25.9 Å². The van der Waals surface area contributed by atoms with Crippen molar-refractivity contribution < 1.29 is 24.5 Å². The summed E-state index contributed by atoms with van der Waals surface area (Å²) in [6.45, 7) is 4.96. The Hall–Kier alpha value is -1.14. The molecule has 62 heavy (non-hydrogen) atoms. The molecule has 6 nitrogen and oxygen atoms in total. The SMILES string of the molecule is CCCCCCCCCCCCCCC(O)C(CO)NC(=O)CCCCCCCCCCCCCCCCCCCCCCCCOC(=O)CCCCCCCCCCCCC. The highest BCUT2D eigenvalue weighted by Gasteiger charge is 2.20. The third-order valence-corrected chi connectivity index (χ3v) is 13.4. The first-order valence-corrected chi connectivity index (χ1v) is 28.3. The summed E-state index contributed by atoms with van der Waals surface area (Å²) in [7, 11) is 0. The van der Waals surface area contributed by atoms with Crippen LogP contribution in [-0.4, -0.2) is 47.4 Å². The van der Waals surface area contributed by atoms with Gasteiger partial charge in [0.05, 0.1) is 25.4 Å². The number of aliphatic hydroxyl groups excluding tert-OH is 2. The lowest BCUT2D eigenvalue weighted by molar-refractivity contribution is -0.143. The number of carbonyl (C=O) groups excluding carboxylic acids is 2. The van der Waals surface area contributed by atoms with Gasteiger partial charge in [0.25, 0.3) is 0 Å². The highest BCUT2D eigenvalue weighted by molar-refractivity contribution is 5.76. The normalized spacial score (nSPS) is 12.5. The first-order valence-electron chi connectivity index (χ1n) is 28.3. The van der Waals surface area contributed by atoms with Crippen LogP contribution in [0, 0.1) is 0 Å². The van der Waals surface area contributed by atoms with Gasteiger partial charge in [0, 0.05) is 12.8 Å². The van der Waals surface area contributed by atoms with Gasteiger partial charge >= 0.3 is 5.97 Å². The average molecular weight is 879 g/mol. The van der Waals surface area contributed by atoms with Crippen LogP contribution >= 0.6 is 0 Å². The number of carbonyl (C=O) groups is 2. The number of hydrogen-bond acceptors (Lipinski definition) is 5. The zero-order valence-electron chi connectivity index (χ0n) is 42.1. The van der Waals surface area contributed by atoms with Gasteiger partial charge in [0.2, 0.25) is 5.91 Å². The Bertz CT molecular complexity index is 882. The van der Waals surface area contributed by atoms with Gasteiger partial charge in [-0.2, -0.15) is 0 Å². The molecular weight excluding hydrogens is 767 g/mol. The van der Waals surface area contributed by atoms with Crippen molar-refractivity contribution in [3.63, 3.8) is 0 Å². The molecule has 2 unspecified atom stereocenters. The lowest BCUT2D eigenvalue weighted by Crippen LogP contribution is -2.45. The van der Waals surface area contributed by atoms with E-state index in [1.807, 2.05) is 0 Å². The molecule has 1 amide bonds. The molecule has 0 spiro atoms. The average Bonchev–Trinajstić information content (AvgIpc) is 3.27. The predicted octanol–water partition coefficient (Wildman–Crippen LogP) is 17.1. The van der Waals surface area contributed by atoms with E-state index in [-0.39, 0.29) is 18.5 Å². The van der Waals surface area contributed by atoms with Crippen LogP contribution in [0.3, 0.4) is 0 Å². The Morgan fingerprint density at radius 3 is 0.984 bits per heavy atom. The van der Waals surface area contributed by atoms with E-state index >= 15 is 0 Å². The van der Waals surface area contributed by atoms with Crippen molar-refractivity contribution in [1.29, 1.82) is 0 Å². The number of aliphatic hydroxyl groups is 2. The molecule has 0 rings (SSSR count). The fourth-order valence-corrected chi connectivity index (χ4v) is 9.05. The number of unbranched alkanes of at least 4 members (excludes halogenated alkanes) is 42. The molecule has 370 valence electrons. The summed E-state index contributed by atoms with van der Waals surface area (Å²) in [6.07, 6.45) is 59.5. The van der Waals surface area contributed by atoms with Crippen LogP contribution in [0.5, 0.6) is 0 Å². The van der Waals surface area contributed by atoms with Crippen LogP contribution in [0.1, 0.15) is 322 Å². The Morgan fingerprint density at radius 1 is 0.387 bits per heavy atom. The van der Waals surface area contributed by atoms with E-state index < -0.39 is 12.1 Å². The molecule has 0 heterocycles. The summed E-state index contributed by atoms with van der Waals surface area (Å²) in [4.78, 5) is 24.4. The zero-order chi connectivity index (χ0) is 45.1. The molecule has 0 bridgehead atoms. The Kier molecular flexibility index (Phi) is 51.5. The topological polar surface area (TPSA) is 95.9 Å². The Morgan fingerprint density at radius 2 is 0.661 bits per heavy atom. The molecule has 0 saturated carbocycles. The Balaban J connectivity index is 3.35. The van der Waals surface area contributed by atoms with Gasteiger partial charge in [0.1, 0.15) is 0 Å². The molecular formula is C56H111NO5. The van der Waals surface area contributed by atoms with E-state index in [1.54, 1.807) is 0 Å². The van der Waals surface area contributed by atoms with E-state index in [4.69, 9.17) is 4.74 Å². The van der Waals surface area contributed by atoms with Gasteiger partial charge in [-0.1, -0.05) is 284 Å². The fraction of sp³-hybridized carbons (Fsp3) is 0.964. The first-order chi connectivity index (χ1) is 30.5. The monoisotopic (exact) mass is 878 g/mol.